The van der Waals surface area contributed by atoms with E-state index in [0.717, 1.165) is 12.8 Å². The number of fused-ring (bicyclic) bond motifs is 1. The van der Waals surface area contributed by atoms with Gasteiger partial charge in [0.15, 0.2) is 0 Å². The lowest BCUT2D eigenvalue weighted by molar-refractivity contribution is 0.0693. The summed E-state index contributed by atoms with van der Waals surface area (Å²) in [5.41, 5.74) is 0.0365. The van der Waals surface area contributed by atoms with Gasteiger partial charge in [0.2, 0.25) is 0 Å². The van der Waals surface area contributed by atoms with Gasteiger partial charge in [0.05, 0.1) is 5.56 Å². The van der Waals surface area contributed by atoms with Crippen LogP contribution in [0, 0.1) is 0 Å². The Bertz CT molecular complexity index is 647. The van der Waals surface area contributed by atoms with Crippen molar-refractivity contribution in [1.82, 2.24) is 4.57 Å². The minimum Gasteiger partial charge on any atom is -0.478 e. The molecular formula is C14H16N2O5. The molecule has 1 aromatic heterocycles. The maximum absolute atomic E-state index is 12.3. The van der Waals surface area contributed by atoms with E-state index in [9.17, 15) is 19.5 Å². The van der Waals surface area contributed by atoms with Crippen molar-refractivity contribution in [3.8, 4) is 0 Å². The number of carboxylic acid groups (broad SMARTS) is 1. The molecule has 0 atom stereocenters. The van der Waals surface area contributed by atoms with Gasteiger partial charge in [-0.25, -0.2) is 9.59 Å². The van der Waals surface area contributed by atoms with Crippen LogP contribution in [-0.2, 0) is 17.7 Å². The van der Waals surface area contributed by atoms with E-state index in [1.807, 2.05) is 0 Å². The first-order chi connectivity index (χ1) is 10.0. The molecule has 7 heteroatoms. The maximum atomic E-state index is 12.3. The van der Waals surface area contributed by atoms with Crippen molar-refractivity contribution in [3.63, 3.8) is 0 Å². The highest BCUT2D eigenvalue weighted by molar-refractivity contribution is 5.92. The number of aromatic nitrogens is 1. The maximum Gasteiger partial charge on any atom is 0.412 e. The lowest BCUT2D eigenvalue weighted by atomic mass is 10.0. The summed E-state index contributed by atoms with van der Waals surface area (Å²) in [7, 11) is 0. The predicted octanol–water partition coefficient (Wildman–Crippen LogP) is 1.62. The minimum atomic E-state index is -1.12. The highest BCUT2D eigenvalue weighted by Crippen LogP contribution is 2.19. The van der Waals surface area contributed by atoms with E-state index < -0.39 is 17.6 Å². The fourth-order valence-corrected chi connectivity index (χ4v) is 2.33. The van der Waals surface area contributed by atoms with E-state index in [1.54, 1.807) is 0 Å². The zero-order valence-electron chi connectivity index (χ0n) is 11.4. The molecular weight excluding hydrogens is 276 g/mol. The van der Waals surface area contributed by atoms with Gasteiger partial charge in [0.1, 0.15) is 12.3 Å². The van der Waals surface area contributed by atoms with Gasteiger partial charge < -0.3 is 14.4 Å². The molecule has 112 valence electrons. The van der Waals surface area contributed by atoms with Crippen molar-refractivity contribution in [3.05, 3.63) is 40.3 Å². The highest BCUT2D eigenvalue weighted by atomic mass is 16.5. The van der Waals surface area contributed by atoms with Crippen molar-refractivity contribution >= 4 is 17.7 Å². The van der Waals surface area contributed by atoms with Gasteiger partial charge in [0, 0.05) is 12.2 Å². The first kappa shape index (κ1) is 14.8. The molecule has 0 spiro atoms. The summed E-state index contributed by atoms with van der Waals surface area (Å²) in [6.07, 6.45) is 2.75. The number of hydrogen-bond acceptors (Lipinski definition) is 4. The molecule has 21 heavy (non-hydrogen) atoms. The number of nitrogens with one attached hydrogen (secondary N) is 1. The normalized spacial score (nSPS) is 13.1. The molecule has 7 nitrogen and oxygen atoms in total. The van der Waals surface area contributed by atoms with Crippen LogP contribution < -0.4 is 10.9 Å². The van der Waals surface area contributed by atoms with Crippen LogP contribution in [-0.4, -0.2) is 28.3 Å². The lowest BCUT2D eigenvalue weighted by Gasteiger charge is -2.21. The molecule has 0 bridgehead atoms. The highest BCUT2D eigenvalue weighted by Gasteiger charge is 2.22. The average molecular weight is 292 g/mol. The number of carbonyl (C=O) groups is 2. The third kappa shape index (κ3) is 3.13. The van der Waals surface area contributed by atoms with Crippen molar-refractivity contribution in [1.29, 1.82) is 0 Å². The molecule has 1 aliphatic rings. The standard InChI is InChI=1S/C14H16N2O5/c1-2-7-21-14(20)15-10-8-9(13(18)19)11-5-3-4-6-16(11)12(10)17/h2,8H,1,3-7H2,(H,15,20)(H,18,19). The molecule has 2 heterocycles. The van der Waals surface area contributed by atoms with E-state index in [0.29, 0.717) is 18.7 Å². The molecule has 1 amide bonds. The van der Waals surface area contributed by atoms with Gasteiger partial charge in [-0.1, -0.05) is 12.7 Å². The van der Waals surface area contributed by atoms with Crippen LogP contribution in [0.2, 0.25) is 0 Å². The number of rotatable bonds is 4. The average Bonchev–Trinajstić information content (AvgIpc) is 2.47. The van der Waals surface area contributed by atoms with Crippen LogP contribution in [0.3, 0.4) is 0 Å². The van der Waals surface area contributed by atoms with Crippen molar-refractivity contribution in [2.75, 3.05) is 11.9 Å². The number of amides is 1. The van der Waals surface area contributed by atoms with Gasteiger partial charge in [-0.2, -0.15) is 0 Å². The van der Waals surface area contributed by atoms with Crippen LogP contribution in [0.5, 0.6) is 0 Å². The first-order valence-corrected chi connectivity index (χ1v) is 6.59. The minimum absolute atomic E-state index is 0.00386. The summed E-state index contributed by atoms with van der Waals surface area (Å²) in [5.74, 6) is -1.12. The van der Waals surface area contributed by atoms with E-state index in [1.165, 1.54) is 16.7 Å². The predicted molar refractivity (Wildman–Crippen MR) is 75.8 cm³/mol. The van der Waals surface area contributed by atoms with Crippen LogP contribution in [0.25, 0.3) is 0 Å². The van der Waals surface area contributed by atoms with Gasteiger partial charge in [-0.15, -0.1) is 0 Å². The van der Waals surface area contributed by atoms with Crippen LogP contribution >= 0.6 is 0 Å². The Balaban J connectivity index is 2.40. The van der Waals surface area contributed by atoms with Crippen molar-refractivity contribution < 1.29 is 19.4 Å². The summed E-state index contributed by atoms with van der Waals surface area (Å²) < 4.78 is 6.14. The number of anilines is 1. The Morgan fingerprint density at radius 1 is 1.48 bits per heavy atom. The molecule has 0 aromatic carbocycles. The summed E-state index contributed by atoms with van der Waals surface area (Å²) in [5, 5.41) is 11.5. The van der Waals surface area contributed by atoms with E-state index in [2.05, 4.69) is 11.9 Å². The smallest absolute Gasteiger partial charge is 0.412 e. The first-order valence-electron chi connectivity index (χ1n) is 6.59. The van der Waals surface area contributed by atoms with Crippen LogP contribution in [0.15, 0.2) is 23.5 Å². The molecule has 0 fully saturated rings. The van der Waals surface area contributed by atoms with E-state index in [4.69, 9.17) is 4.74 Å². The third-order valence-electron chi connectivity index (χ3n) is 3.25. The fraction of sp³-hybridized carbons (Fsp3) is 0.357. The Morgan fingerprint density at radius 3 is 2.90 bits per heavy atom. The SMILES string of the molecule is C=CCOC(=O)Nc1cc(C(=O)O)c2n(c1=O)CCCC2. The third-order valence-corrected chi connectivity index (χ3v) is 3.25. The summed E-state index contributed by atoms with van der Waals surface area (Å²) in [6, 6.07) is 1.19. The number of carboxylic acids is 1. The lowest BCUT2D eigenvalue weighted by Crippen LogP contribution is -2.32. The Labute approximate surface area is 120 Å². The second kappa shape index (κ2) is 6.25. The number of pyridine rings is 1. The topological polar surface area (TPSA) is 97.6 Å². The molecule has 1 aliphatic heterocycles. The molecule has 0 saturated carbocycles. The number of aromatic carboxylic acids is 1. The van der Waals surface area contributed by atoms with Gasteiger partial charge in [-0.3, -0.25) is 10.1 Å². The Kier molecular flexibility index (Phi) is 4.42. The quantitative estimate of drug-likeness (QED) is 0.822. The molecule has 0 unspecified atom stereocenters. The summed E-state index contributed by atoms with van der Waals surface area (Å²) in [6.45, 7) is 3.86. The van der Waals surface area contributed by atoms with E-state index >= 15 is 0 Å². The molecule has 0 saturated heterocycles. The molecule has 0 aliphatic carbocycles. The number of carbonyl (C=O) groups excluding carboxylic acids is 1. The van der Waals surface area contributed by atoms with Crippen LogP contribution in [0.1, 0.15) is 28.9 Å². The Morgan fingerprint density at radius 2 is 2.24 bits per heavy atom. The van der Waals surface area contributed by atoms with Gasteiger partial charge in [-0.05, 0) is 25.3 Å². The summed E-state index contributed by atoms with van der Waals surface area (Å²) in [4.78, 5) is 35.1. The molecule has 1 aromatic rings. The molecule has 0 radical (unpaired) electrons. The second-order valence-electron chi connectivity index (χ2n) is 4.65. The number of hydrogen-bond donors (Lipinski definition) is 2. The zero-order chi connectivity index (χ0) is 15.4. The fourth-order valence-electron chi connectivity index (χ4n) is 2.33. The second-order valence-corrected chi connectivity index (χ2v) is 4.65. The van der Waals surface area contributed by atoms with Crippen LogP contribution in [0.4, 0.5) is 10.5 Å². The monoisotopic (exact) mass is 292 g/mol. The van der Waals surface area contributed by atoms with Crippen molar-refractivity contribution in [2.45, 2.75) is 25.8 Å². The van der Waals surface area contributed by atoms with Gasteiger partial charge >= 0.3 is 12.1 Å². The Hall–Kier alpha value is -2.57. The molecule has 2 rings (SSSR count). The number of nitrogens with zero attached hydrogens (tertiary/aromatic N) is 1. The number of ether oxygens (including phenoxy) is 1. The van der Waals surface area contributed by atoms with Crippen molar-refractivity contribution in [2.24, 2.45) is 0 Å². The summed E-state index contributed by atoms with van der Waals surface area (Å²) >= 11 is 0. The van der Waals surface area contributed by atoms with Gasteiger partial charge in [0.25, 0.3) is 5.56 Å². The zero-order valence-corrected chi connectivity index (χ0v) is 11.4. The molecule has 2 N–H and O–H groups in total. The van der Waals surface area contributed by atoms with E-state index in [-0.39, 0.29) is 17.9 Å². The largest absolute Gasteiger partial charge is 0.478 e.